The highest BCUT2D eigenvalue weighted by atomic mass is 19.1. The molecule has 0 atom stereocenters. The standard InChI is InChI=1S/C29H37FN8O/c1-28(2,3)35-9-8-32-21-13-22(36-23(14-21)19-12-20(30)16-31-15-19)18-6-10-38(11-7-18)26-24-25(33-17-34-26)37-27(39)29(24,4)5/h12-18,35H,6-11H2,1-5H3,(H,32,36)(H,33,34,37,39). The number of piperidine rings is 1. The number of aromatic nitrogens is 4. The predicted octanol–water partition coefficient (Wildman–Crippen LogP) is 4.49. The van der Waals surface area contributed by atoms with Gasteiger partial charge in [0.25, 0.3) is 0 Å². The van der Waals surface area contributed by atoms with Crippen LogP contribution < -0.4 is 20.9 Å². The van der Waals surface area contributed by atoms with Crippen LogP contribution >= 0.6 is 0 Å². The lowest BCUT2D eigenvalue weighted by molar-refractivity contribution is -0.119. The molecule has 1 amide bonds. The minimum absolute atomic E-state index is 0.0415. The maximum Gasteiger partial charge on any atom is 0.235 e. The zero-order valence-electron chi connectivity index (χ0n) is 23.3. The molecular weight excluding hydrogens is 495 g/mol. The van der Waals surface area contributed by atoms with Crippen LogP contribution in [0, 0.1) is 5.82 Å². The second-order valence-electron chi connectivity index (χ2n) is 11.9. The van der Waals surface area contributed by atoms with Crippen molar-refractivity contribution in [2.75, 3.05) is 41.7 Å². The second kappa shape index (κ2) is 10.5. The normalized spacial score (nSPS) is 17.2. The van der Waals surface area contributed by atoms with Gasteiger partial charge in [0.2, 0.25) is 5.91 Å². The predicted molar refractivity (Wildman–Crippen MR) is 152 cm³/mol. The number of hydrogen-bond donors (Lipinski definition) is 3. The van der Waals surface area contributed by atoms with E-state index >= 15 is 0 Å². The van der Waals surface area contributed by atoms with Crippen molar-refractivity contribution in [2.45, 2.75) is 64.3 Å². The van der Waals surface area contributed by atoms with Gasteiger partial charge < -0.3 is 20.9 Å². The Morgan fingerprint density at radius 3 is 2.59 bits per heavy atom. The third-order valence-corrected chi connectivity index (χ3v) is 7.42. The molecule has 0 bridgehead atoms. The monoisotopic (exact) mass is 532 g/mol. The van der Waals surface area contributed by atoms with Gasteiger partial charge in [-0.1, -0.05) is 0 Å². The molecule has 2 aliphatic heterocycles. The molecule has 0 aromatic carbocycles. The molecule has 10 heteroatoms. The summed E-state index contributed by atoms with van der Waals surface area (Å²) < 4.78 is 14.0. The Hall–Kier alpha value is -3.66. The SMILES string of the molecule is CC(C)(C)NCCNc1cc(-c2cncc(F)c2)nc(C2CCN(c3ncnc4c3C(C)(C)C(=O)N4)CC2)c1. The van der Waals surface area contributed by atoms with Crippen molar-refractivity contribution in [2.24, 2.45) is 0 Å². The molecule has 5 heterocycles. The summed E-state index contributed by atoms with van der Waals surface area (Å²) in [5, 5.41) is 9.90. The molecule has 39 heavy (non-hydrogen) atoms. The first kappa shape index (κ1) is 26.9. The molecule has 206 valence electrons. The largest absolute Gasteiger partial charge is 0.384 e. The van der Waals surface area contributed by atoms with Crippen molar-refractivity contribution in [1.82, 2.24) is 25.3 Å². The van der Waals surface area contributed by atoms with E-state index in [1.807, 2.05) is 19.9 Å². The lowest BCUT2D eigenvalue weighted by atomic mass is 9.86. The van der Waals surface area contributed by atoms with Gasteiger partial charge in [-0.05, 0) is 65.7 Å². The summed E-state index contributed by atoms with van der Waals surface area (Å²) in [5.74, 6) is 1.22. The Labute approximate surface area is 229 Å². The second-order valence-corrected chi connectivity index (χ2v) is 11.9. The zero-order valence-corrected chi connectivity index (χ0v) is 23.3. The van der Waals surface area contributed by atoms with Crippen molar-refractivity contribution >= 4 is 23.2 Å². The quantitative estimate of drug-likeness (QED) is 0.382. The van der Waals surface area contributed by atoms with Gasteiger partial charge >= 0.3 is 0 Å². The van der Waals surface area contributed by atoms with E-state index in [0.717, 1.165) is 61.8 Å². The lowest BCUT2D eigenvalue weighted by Crippen LogP contribution is -2.38. The fourth-order valence-corrected chi connectivity index (χ4v) is 5.26. The number of carbonyl (C=O) groups is 1. The summed E-state index contributed by atoms with van der Waals surface area (Å²) in [7, 11) is 0. The molecule has 9 nitrogen and oxygen atoms in total. The molecule has 0 radical (unpaired) electrons. The van der Waals surface area contributed by atoms with Crippen molar-refractivity contribution in [3.05, 3.63) is 54.0 Å². The number of nitrogens with one attached hydrogen (secondary N) is 3. The van der Waals surface area contributed by atoms with E-state index < -0.39 is 5.41 Å². The van der Waals surface area contributed by atoms with E-state index in [1.165, 1.54) is 18.6 Å². The third kappa shape index (κ3) is 5.85. The highest BCUT2D eigenvalue weighted by molar-refractivity contribution is 6.06. The average molecular weight is 533 g/mol. The number of hydrogen-bond acceptors (Lipinski definition) is 8. The molecular formula is C29H37FN8O. The maximum absolute atomic E-state index is 14.0. The Morgan fingerprint density at radius 2 is 1.87 bits per heavy atom. The Morgan fingerprint density at radius 1 is 1.10 bits per heavy atom. The number of amides is 1. The fraction of sp³-hybridized carbons (Fsp3) is 0.483. The van der Waals surface area contributed by atoms with Crippen molar-refractivity contribution in [3.63, 3.8) is 0 Å². The van der Waals surface area contributed by atoms with Gasteiger partial charge in [0.1, 0.15) is 23.8 Å². The van der Waals surface area contributed by atoms with E-state index in [0.29, 0.717) is 17.1 Å². The summed E-state index contributed by atoms with van der Waals surface area (Å²) in [6.07, 6.45) is 6.13. The first-order valence-electron chi connectivity index (χ1n) is 13.5. The Balaban J connectivity index is 1.36. The molecule has 0 aliphatic carbocycles. The van der Waals surface area contributed by atoms with E-state index in [-0.39, 0.29) is 23.2 Å². The zero-order chi connectivity index (χ0) is 27.8. The van der Waals surface area contributed by atoms with E-state index in [9.17, 15) is 9.18 Å². The van der Waals surface area contributed by atoms with Crippen LogP contribution in [0.25, 0.3) is 11.3 Å². The molecule has 3 aromatic heterocycles. The van der Waals surface area contributed by atoms with Gasteiger partial charge in [-0.15, -0.1) is 0 Å². The average Bonchev–Trinajstić information content (AvgIpc) is 3.14. The molecule has 0 saturated carbocycles. The van der Waals surface area contributed by atoms with E-state index in [4.69, 9.17) is 4.98 Å². The summed E-state index contributed by atoms with van der Waals surface area (Å²) in [4.78, 5) is 32.7. The van der Waals surface area contributed by atoms with E-state index in [2.05, 4.69) is 62.6 Å². The van der Waals surface area contributed by atoms with Gasteiger partial charge in [-0.3, -0.25) is 14.8 Å². The van der Waals surface area contributed by atoms with Crippen LogP contribution in [0.4, 0.5) is 21.7 Å². The number of anilines is 3. The molecule has 0 unspecified atom stereocenters. The molecule has 5 rings (SSSR count). The number of rotatable bonds is 7. The number of pyridine rings is 2. The molecule has 3 aromatic rings. The molecule has 1 fully saturated rings. The van der Waals surface area contributed by atoms with Gasteiger partial charge in [0.05, 0.1) is 22.9 Å². The Bertz CT molecular complexity index is 1360. The molecule has 3 N–H and O–H groups in total. The number of carbonyl (C=O) groups excluding carboxylic acids is 1. The van der Waals surface area contributed by atoms with Crippen molar-refractivity contribution < 1.29 is 9.18 Å². The van der Waals surface area contributed by atoms with Crippen molar-refractivity contribution in [1.29, 1.82) is 0 Å². The topological polar surface area (TPSA) is 108 Å². The van der Waals surface area contributed by atoms with Gasteiger partial charge in [0, 0.05) is 60.8 Å². The summed E-state index contributed by atoms with van der Waals surface area (Å²) in [6, 6.07) is 5.55. The molecule has 1 saturated heterocycles. The van der Waals surface area contributed by atoms with Crippen LogP contribution in [0.3, 0.4) is 0 Å². The van der Waals surface area contributed by atoms with Gasteiger partial charge in [-0.2, -0.15) is 0 Å². The van der Waals surface area contributed by atoms with Crippen LogP contribution in [0.2, 0.25) is 0 Å². The lowest BCUT2D eigenvalue weighted by Gasteiger charge is -2.34. The van der Waals surface area contributed by atoms with Gasteiger partial charge in [0.15, 0.2) is 0 Å². The summed E-state index contributed by atoms with van der Waals surface area (Å²) >= 11 is 0. The van der Waals surface area contributed by atoms with Crippen LogP contribution in [-0.4, -0.2) is 57.6 Å². The smallest absolute Gasteiger partial charge is 0.235 e. The molecule has 2 aliphatic rings. The maximum atomic E-state index is 14.0. The number of fused-ring (bicyclic) bond motifs is 1. The number of nitrogens with zero attached hydrogens (tertiary/aromatic N) is 5. The van der Waals surface area contributed by atoms with Crippen LogP contribution in [-0.2, 0) is 10.2 Å². The first-order chi connectivity index (χ1) is 18.5. The van der Waals surface area contributed by atoms with Crippen molar-refractivity contribution in [3.8, 4) is 11.3 Å². The Kier molecular flexibility index (Phi) is 7.24. The third-order valence-electron chi connectivity index (χ3n) is 7.42. The summed E-state index contributed by atoms with van der Waals surface area (Å²) in [6.45, 7) is 13.4. The van der Waals surface area contributed by atoms with E-state index in [1.54, 1.807) is 6.20 Å². The summed E-state index contributed by atoms with van der Waals surface area (Å²) in [5.41, 5.74) is 3.52. The minimum atomic E-state index is -0.680. The van der Waals surface area contributed by atoms with Crippen LogP contribution in [0.15, 0.2) is 36.9 Å². The van der Waals surface area contributed by atoms with Crippen LogP contribution in [0.5, 0.6) is 0 Å². The van der Waals surface area contributed by atoms with Crippen LogP contribution in [0.1, 0.15) is 64.6 Å². The fourth-order valence-electron chi connectivity index (χ4n) is 5.26. The highest BCUT2D eigenvalue weighted by Gasteiger charge is 2.43. The molecule has 0 spiro atoms. The highest BCUT2D eigenvalue weighted by Crippen LogP contribution is 2.42. The number of halogens is 1. The first-order valence-corrected chi connectivity index (χ1v) is 13.5. The van der Waals surface area contributed by atoms with Gasteiger partial charge in [-0.25, -0.2) is 14.4 Å². The minimum Gasteiger partial charge on any atom is -0.384 e.